The zero-order valence-corrected chi connectivity index (χ0v) is 15.2. The molecule has 0 N–H and O–H groups in total. The molecule has 3 aliphatic rings. The van der Waals surface area contributed by atoms with Gasteiger partial charge in [-0.3, -0.25) is 0 Å². The van der Waals surface area contributed by atoms with E-state index in [9.17, 15) is 0 Å². The Kier molecular flexibility index (Phi) is 3.24. The standard InChI is InChI=1S/C22H23NS/c1-3-6-18-17-11-10-16-15-7-4-5-8-20(15)24-22(16)21(17)19-12-9-14(2)13-23(18)19/h5,8-13,18-19H,3-4,6-7H2,1-2H3/t18-,19?/m1/s1. The molecule has 0 bridgehead atoms. The highest BCUT2D eigenvalue weighted by Crippen LogP contribution is 2.52. The predicted octanol–water partition coefficient (Wildman–Crippen LogP) is 6.53. The number of rotatable bonds is 2. The molecule has 1 aromatic carbocycles. The van der Waals surface area contributed by atoms with Crippen molar-refractivity contribution in [2.75, 3.05) is 0 Å². The average Bonchev–Trinajstić information content (AvgIpc) is 3.11. The summed E-state index contributed by atoms with van der Waals surface area (Å²) < 4.78 is 1.54. The molecule has 3 heterocycles. The third-order valence-electron chi connectivity index (χ3n) is 5.69. The Morgan fingerprint density at radius 2 is 2.17 bits per heavy atom. The second-order valence-electron chi connectivity index (χ2n) is 7.26. The number of fused-ring (bicyclic) bond motifs is 7. The van der Waals surface area contributed by atoms with Gasteiger partial charge >= 0.3 is 0 Å². The van der Waals surface area contributed by atoms with Crippen molar-refractivity contribution in [3.05, 3.63) is 63.7 Å². The Hall–Kier alpha value is -1.80. The first-order valence-corrected chi connectivity index (χ1v) is 9.98. The van der Waals surface area contributed by atoms with E-state index in [2.05, 4.69) is 61.4 Å². The first-order chi connectivity index (χ1) is 11.8. The van der Waals surface area contributed by atoms with Crippen LogP contribution in [0.15, 0.2) is 42.1 Å². The third kappa shape index (κ3) is 1.92. The van der Waals surface area contributed by atoms with Crippen molar-refractivity contribution in [3.63, 3.8) is 0 Å². The summed E-state index contributed by atoms with van der Waals surface area (Å²) in [6.45, 7) is 4.51. The monoisotopic (exact) mass is 333 g/mol. The summed E-state index contributed by atoms with van der Waals surface area (Å²) in [7, 11) is 0. The number of thiophene rings is 1. The molecule has 0 spiro atoms. The van der Waals surface area contributed by atoms with Gasteiger partial charge in [0.05, 0.1) is 12.1 Å². The SMILES string of the molecule is CCC[C@@H]1c2ccc3c4c(sc3c2C2C=CC(C)=CN21)C=CCC4. The van der Waals surface area contributed by atoms with Gasteiger partial charge in [0.2, 0.25) is 0 Å². The molecule has 122 valence electrons. The number of aryl methyl sites for hydroxylation is 1. The van der Waals surface area contributed by atoms with E-state index in [1.54, 1.807) is 16.7 Å². The molecule has 0 amide bonds. The minimum atomic E-state index is 0.424. The smallest absolute Gasteiger partial charge is 0.0748 e. The van der Waals surface area contributed by atoms with Crippen LogP contribution in [0.4, 0.5) is 0 Å². The van der Waals surface area contributed by atoms with Gasteiger partial charge in [-0.1, -0.05) is 43.7 Å². The molecule has 2 heteroatoms. The van der Waals surface area contributed by atoms with Crippen molar-refractivity contribution < 1.29 is 0 Å². The quantitative estimate of drug-likeness (QED) is 0.603. The van der Waals surface area contributed by atoms with Crippen LogP contribution in [-0.2, 0) is 6.42 Å². The Labute approximate surface area is 148 Å². The Balaban J connectivity index is 1.76. The maximum Gasteiger partial charge on any atom is 0.0748 e. The second-order valence-corrected chi connectivity index (χ2v) is 8.31. The molecule has 2 aliphatic heterocycles. The summed E-state index contributed by atoms with van der Waals surface area (Å²) in [4.78, 5) is 4.10. The summed E-state index contributed by atoms with van der Waals surface area (Å²) in [5.41, 5.74) is 6.09. The summed E-state index contributed by atoms with van der Waals surface area (Å²) in [6, 6.07) is 5.80. The van der Waals surface area contributed by atoms with E-state index in [4.69, 9.17) is 0 Å². The van der Waals surface area contributed by atoms with Gasteiger partial charge in [0, 0.05) is 21.3 Å². The average molecular weight is 334 g/mol. The van der Waals surface area contributed by atoms with E-state index >= 15 is 0 Å². The third-order valence-corrected chi connectivity index (χ3v) is 6.93. The maximum absolute atomic E-state index is 2.61. The van der Waals surface area contributed by atoms with Crippen LogP contribution in [0.1, 0.15) is 66.8 Å². The molecule has 1 aliphatic carbocycles. The van der Waals surface area contributed by atoms with Crippen LogP contribution in [0.2, 0.25) is 0 Å². The second kappa shape index (κ2) is 5.35. The van der Waals surface area contributed by atoms with Crippen LogP contribution in [0.5, 0.6) is 0 Å². The molecule has 0 radical (unpaired) electrons. The molecule has 5 rings (SSSR count). The molecular formula is C22H23NS. The summed E-state index contributed by atoms with van der Waals surface area (Å²) in [5, 5.41) is 1.51. The Morgan fingerprint density at radius 3 is 3.04 bits per heavy atom. The minimum absolute atomic E-state index is 0.424. The molecule has 0 fully saturated rings. The molecule has 2 aromatic rings. The lowest BCUT2D eigenvalue weighted by Crippen LogP contribution is -2.21. The number of allylic oxidation sites excluding steroid dienone is 3. The number of hydrogen-bond donors (Lipinski definition) is 0. The van der Waals surface area contributed by atoms with Crippen LogP contribution in [0, 0.1) is 0 Å². The zero-order chi connectivity index (χ0) is 16.3. The van der Waals surface area contributed by atoms with Gasteiger partial charge in [0.25, 0.3) is 0 Å². The Morgan fingerprint density at radius 1 is 1.25 bits per heavy atom. The van der Waals surface area contributed by atoms with Gasteiger partial charge in [-0.2, -0.15) is 0 Å². The van der Waals surface area contributed by atoms with E-state index in [0.717, 1.165) is 0 Å². The summed E-state index contributed by atoms with van der Waals surface area (Å²) >= 11 is 2.01. The van der Waals surface area contributed by atoms with E-state index in [0.29, 0.717) is 12.1 Å². The predicted molar refractivity (Wildman–Crippen MR) is 104 cm³/mol. The highest BCUT2D eigenvalue weighted by Gasteiger charge is 2.38. The highest BCUT2D eigenvalue weighted by molar-refractivity contribution is 7.20. The summed E-state index contributed by atoms with van der Waals surface area (Å²) in [5.74, 6) is 0. The van der Waals surface area contributed by atoms with Crippen LogP contribution in [0.3, 0.4) is 0 Å². The summed E-state index contributed by atoms with van der Waals surface area (Å²) in [6.07, 6.45) is 16.6. The normalized spacial score (nSPS) is 24.1. The number of hydrogen-bond acceptors (Lipinski definition) is 2. The van der Waals surface area contributed by atoms with Gasteiger partial charge in [-0.15, -0.1) is 11.3 Å². The molecule has 0 saturated heterocycles. The maximum atomic E-state index is 2.61. The van der Waals surface area contributed by atoms with Crippen molar-refractivity contribution in [1.29, 1.82) is 0 Å². The molecular weight excluding hydrogens is 310 g/mol. The molecule has 1 unspecified atom stereocenters. The van der Waals surface area contributed by atoms with Crippen LogP contribution in [-0.4, -0.2) is 4.90 Å². The largest absolute Gasteiger partial charge is 0.360 e. The number of nitrogens with zero attached hydrogens (tertiary/aromatic N) is 1. The first kappa shape index (κ1) is 14.5. The van der Waals surface area contributed by atoms with E-state index in [1.807, 2.05) is 11.3 Å². The van der Waals surface area contributed by atoms with Gasteiger partial charge in [0.15, 0.2) is 0 Å². The van der Waals surface area contributed by atoms with Crippen LogP contribution in [0.25, 0.3) is 16.2 Å². The van der Waals surface area contributed by atoms with E-state index in [-0.39, 0.29) is 0 Å². The minimum Gasteiger partial charge on any atom is -0.360 e. The molecule has 2 atom stereocenters. The van der Waals surface area contributed by atoms with Gasteiger partial charge in [-0.05, 0) is 54.3 Å². The van der Waals surface area contributed by atoms with Crippen molar-refractivity contribution in [2.24, 2.45) is 0 Å². The molecule has 24 heavy (non-hydrogen) atoms. The fraction of sp³-hybridized carbons (Fsp3) is 0.364. The topological polar surface area (TPSA) is 3.24 Å². The number of benzene rings is 1. The lowest BCUT2D eigenvalue weighted by molar-refractivity contribution is 0.255. The van der Waals surface area contributed by atoms with Crippen molar-refractivity contribution in [3.8, 4) is 0 Å². The lowest BCUT2D eigenvalue weighted by atomic mass is 9.94. The van der Waals surface area contributed by atoms with Crippen LogP contribution < -0.4 is 0 Å². The highest BCUT2D eigenvalue weighted by atomic mass is 32.1. The Bertz CT molecular complexity index is 912. The molecule has 1 aromatic heterocycles. The zero-order valence-electron chi connectivity index (χ0n) is 14.4. The van der Waals surface area contributed by atoms with Gasteiger partial charge in [0.1, 0.15) is 0 Å². The van der Waals surface area contributed by atoms with Gasteiger partial charge in [-0.25, -0.2) is 0 Å². The lowest BCUT2D eigenvalue weighted by Gasteiger charge is -2.30. The van der Waals surface area contributed by atoms with Crippen molar-refractivity contribution >= 4 is 27.5 Å². The van der Waals surface area contributed by atoms with Gasteiger partial charge < -0.3 is 4.90 Å². The van der Waals surface area contributed by atoms with Crippen molar-refractivity contribution in [1.82, 2.24) is 4.90 Å². The van der Waals surface area contributed by atoms with Crippen molar-refractivity contribution in [2.45, 2.75) is 51.6 Å². The first-order valence-electron chi connectivity index (χ1n) is 9.16. The van der Waals surface area contributed by atoms with E-state index < -0.39 is 0 Å². The van der Waals surface area contributed by atoms with E-state index in [1.165, 1.54) is 46.2 Å². The molecule has 0 saturated carbocycles. The molecule has 1 nitrogen and oxygen atoms in total. The fourth-order valence-corrected chi connectivity index (χ4v) is 6.01. The van der Waals surface area contributed by atoms with Crippen LogP contribution >= 0.6 is 11.3 Å². The fourth-order valence-electron chi connectivity index (χ4n) is 4.64.